The first-order chi connectivity index (χ1) is 9.08. The molecule has 19 heavy (non-hydrogen) atoms. The van der Waals surface area contributed by atoms with Gasteiger partial charge in [0, 0.05) is 18.6 Å². The highest BCUT2D eigenvalue weighted by molar-refractivity contribution is 6.30. The highest BCUT2D eigenvalue weighted by atomic mass is 35.5. The molecular weight excluding hydrogens is 263 g/mol. The lowest BCUT2D eigenvalue weighted by molar-refractivity contribution is 0.247. The van der Waals surface area contributed by atoms with Gasteiger partial charge in [0.2, 0.25) is 0 Å². The van der Waals surface area contributed by atoms with Crippen LogP contribution < -0.4 is 5.32 Å². The molecule has 1 fully saturated rings. The first-order valence-electron chi connectivity index (χ1n) is 7.00. The predicted octanol–water partition coefficient (Wildman–Crippen LogP) is 3.61. The Balaban J connectivity index is 1.86. The normalized spacial score (nSPS) is 19.6. The fraction of sp³-hybridized carbons (Fsp3) is 0.600. The van der Waals surface area contributed by atoms with E-state index in [0.717, 1.165) is 12.1 Å². The molecule has 106 valence electrons. The maximum absolute atomic E-state index is 13.1. The van der Waals surface area contributed by atoms with E-state index < -0.39 is 0 Å². The Morgan fingerprint density at radius 1 is 1.32 bits per heavy atom. The van der Waals surface area contributed by atoms with Gasteiger partial charge in [-0.1, -0.05) is 17.7 Å². The predicted molar refractivity (Wildman–Crippen MR) is 78.1 cm³/mol. The molecule has 2 rings (SSSR count). The second kappa shape index (κ2) is 6.69. The molecule has 2 nitrogen and oxygen atoms in total. The molecular formula is C15H22ClFN2. The lowest BCUT2D eigenvalue weighted by Gasteiger charge is -2.26. The third kappa shape index (κ3) is 3.91. The van der Waals surface area contributed by atoms with Crippen LogP contribution in [0.2, 0.25) is 5.02 Å². The van der Waals surface area contributed by atoms with Crippen LogP contribution >= 0.6 is 11.6 Å². The molecule has 1 aromatic rings. The van der Waals surface area contributed by atoms with E-state index in [9.17, 15) is 4.39 Å². The van der Waals surface area contributed by atoms with Crippen LogP contribution in [0.15, 0.2) is 18.2 Å². The van der Waals surface area contributed by atoms with Gasteiger partial charge in [0.05, 0.1) is 5.02 Å². The van der Waals surface area contributed by atoms with Crippen molar-refractivity contribution >= 4 is 11.6 Å². The van der Waals surface area contributed by atoms with Crippen molar-refractivity contribution in [2.75, 3.05) is 19.6 Å². The van der Waals surface area contributed by atoms with Gasteiger partial charge >= 0.3 is 0 Å². The van der Waals surface area contributed by atoms with Crippen LogP contribution in [0.3, 0.4) is 0 Å². The second-order valence-corrected chi connectivity index (χ2v) is 5.80. The smallest absolute Gasteiger partial charge is 0.141 e. The fourth-order valence-electron chi connectivity index (χ4n) is 2.56. The molecule has 1 aliphatic rings. The summed E-state index contributed by atoms with van der Waals surface area (Å²) in [6, 6.07) is 5.65. The summed E-state index contributed by atoms with van der Waals surface area (Å²) in [5, 5.41) is 3.69. The van der Waals surface area contributed by atoms with E-state index in [0.29, 0.717) is 6.04 Å². The van der Waals surface area contributed by atoms with Gasteiger partial charge < -0.3 is 5.32 Å². The van der Waals surface area contributed by atoms with Gasteiger partial charge in [0.15, 0.2) is 0 Å². The van der Waals surface area contributed by atoms with Crippen molar-refractivity contribution in [2.24, 2.45) is 0 Å². The summed E-state index contributed by atoms with van der Waals surface area (Å²) in [7, 11) is 0. The van der Waals surface area contributed by atoms with Crippen molar-refractivity contribution in [2.45, 2.75) is 38.8 Å². The Morgan fingerprint density at radius 3 is 2.63 bits per heavy atom. The highest BCUT2D eigenvalue weighted by Crippen LogP contribution is 2.21. The molecule has 1 saturated heterocycles. The topological polar surface area (TPSA) is 15.3 Å². The molecule has 1 aliphatic heterocycles. The van der Waals surface area contributed by atoms with Crippen molar-refractivity contribution in [3.63, 3.8) is 0 Å². The van der Waals surface area contributed by atoms with Crippen molar-refractivity contribution in [1.29, 1.82) is 0 Å². The van der Waals surface area contributed by atoms with Crippen LogP contribution in [0.4, 0.5) is 4.39 Å². The zero-order chi connectivity index (χ0) is 13.8. The lowest BCUT2D eigenvalue weighted by Crippen LogP contribution is -2.39. The van der Waals surface area contributed by atoms with Gasteiger partial charge in [-0.25, -0.2) is 4.39 Å². The Hall–Kier alpha value is -0.640. The Labute approximate surface area is 119 Å². The molecule has 0 spiro atoms. The van der Waals surface area contributed by atoms with Gasteiger partial charge in [-0.05, 0) is 57.5 Å². The molecule has 4 heteroatoms. The Bertz CT molecular complexity index is 419. The van der Waals surface area contributed by atoms with Crippen molar-refractivity contribution in [1.82, 2.24) is 10.2 Å². The molecule has 2 unspecified atom stereocenters. The number of hydrogen-bond donors (Lipinski definition) is 1. The zero-order valence-corrected chi connectivity index (χ0v) is 12.4. The first-order valence-corrected chi connectivity index (χ1v) is 7.38. The fourth-order valence-corrected chi connectivity index (χ4v) is 2.75. The van der Waals surface area contributed by atoms with E-state index in [1.54, 1.807) is 12.1 Å². The largest absolute Gasteiger partial charge is 0.309 e. The van der Waals surface area contributed by atoms with Gasteiger partial charge in [-0.3, -0.25) is 4.90 Å². The molecule has 1 aromatic carbocycles. The molecule has 0 radical (unpaired) electrons. The van der Waals surface area contributed by atoms with E-state index in [1.165, 1.54) is 32.0 Å². The molecule has 0 aliphatic carbocycles. The summed E-state index contributed by atoms with van der Waals surface area (Å²) in [4.78, 5) is 2.51. The summed E-state index contributed by atoms with van der Waals surface area (Å²) in [5.41, 5.74) is 1.03. The molecule has 0 aromatic heterocycles. The third-order valence-electron chi connectivity index (χ3n) is 3.93. The number of nitrogens with zero attached hydrogens (tertiary/aromatic N) is 1. The number of halogens is 2. The maximum Gasteiger partial charge on any atom is 0.141 e. The SMILES string of the molecule is CC(NCC(C)N1CCCC1)c1ccc(F)c(Cl)c1. The van der Waals surface area contributed by atoms with Crippen molar-refractivity contribution in [3.8, 4) is 0 Å². The van der Waals surface area contributed by atoms with Crippen LogP contribution in [0, 0.1) is 5.82 Å². The Kier molecular flexibility index (Phi) is 5.20. The molecule has 1 heterocycles. The summed E-state index contributed by atoms with van der Waals surface area (Å²) < 4.78 is 13.1. The highest BCUT2D eigenvalue weighted by Gasteiger charge is 2.18. The monoisotopic (exact) mass is 284 g/mol. The van der Waals surface area contributed by atoms with Crippen LogP contribution in [0.25, 0.3) is 0 Å². The molecule has 0 saturated carbocycles. The van der Waals surface area contributed by atoms with Crippen LogP contribution in [0.1, 0.15) is 38.3 Å². The number of rotatable bonds is 5. The summed E-state index contributed by atoms with van der Waals surface area (Å²) in [6.07, 6.45) is 2.63. The number of nitrogens with one attached hydrogen (secondary N) is 1. The van der Waals surface area contributed by atoms with Gasteiger partial charge in [0.1, 0.15) is 5.82 Å². The molecule has 2 atom stereocenters. The lowest BCUT2D eigenvalue weighted by atomic mass is 10.1. The van der Waals surface area contributed by atoms with E-state index in [4.69, 9.17) is 11.6 Å². The van der Waals surface area contributed by atoms with Crippen LogP contribution in [-0.4, -0.2) is 30.6 Å². The van der Waals surface area contributed by atoms with Crippen LogP contribution in [-0.2, 0) is 0 Å². The summed E-state index contributed by atoms with van der Waals surface area (Å²) in [5.74, 6) is -0.358. The maximum atomic E-state index is 13.1. The van der Waals surface area contributed by atoms with E-state index in [1.807, 2.05) is 0 Å². The molecule has 0 amide bonds. The van der Waals surface area contributed by atoms with Gasteiger partial charge in [-0.15, -0.1) is 0 Å². The minimum absolute atomic E-state index is 0.183. The molecule has 0 bridgehead atoms. The van der Waals surface area contributed by atoms with E-state index in [-0.39, 0.29) is 16.9 Å². The van der Waals surface area contributed by atoms with Crippen molar-refractivity contribution < 1.29 is 4.39 Å². The quantitative estimate of drug-likeness (QED) is 0.888. The average Bonchev–Trinajstić information content (AvgIpc) is 2.92. The molecule has 1 N–H and O–H groups in total. The number of hydrogen-bond acceptors (Lipinski definition) is 2. The van der Waals surface area contributed by atoms with Gasteiger partial charge in [-0.2, -0.15) is 0 Å². The van der Waals surface area contributed by atoms with Crippen LogP contribution in [0.5, 0.6) is 0 Å². The first kappa shape index (κ1) is 14.8. The number of likely N-dealkylation sites (tertiary alicyclic amines) is 1. The minimum Gasteiger partial charge on any atom is -0.309 e. The third-order valence-corrected chi connectivity index (χ3v) is 4.22. The Morgan fingerprint density at radius 2 is 2.00 bits per heavy atom. The minimum atomic E-state index is -0.358. The number of benzene rings is 1. The van der Waals surface area contributed by atoms with E-state index in [2.05, 4.69) is 24.1 Å². The standard InChI is InChI=1S/C15H22ClFN2/c1-11(19-7-3-4-8-19)10-18-12(2)13-5-6-15(17)14(16)9-13/h5-6,9,11-12,18H,3-4,7-8,10H2,1-2H3. The van der Waals surface area contributed by atoms with Gasteiger partial charge in [0.25, 0.3) is 0 Å². The zero-order valence-electron chi connectivity index (χ0n) is 11.6. The van der Waals surface area contributed by atoms with E-state index >= 15 is 0 Å². The average molecular weight is 285 g/mol. The summed E-state index contributed by atoms with van der Waals surface area (Å²) in [6.45, 7) is 7.69. The van der Waals surface area contributed by atoms with Crippen molar-refractivity contribution in [3.05, 3.63) is 34.6 Å². The second-order valence-electron chi connectivity index (χ2n) is 5.40. The summed E-state index contributed by atoms with van der Waals surface area (Å²) >= 11 is 5.81.